The van der Waals surface area contributed by atoms with Crippen LogP contribution in [0.25, 0.3) is 0 Å². The van der Waals surface area contributed by atoms with Gasteiger partial charge in [0.15, 0.2) is 0 Å². The van der Waals surface area contributed by atoms with Gasteiger partial charge >= 0.3 is 41.2 Å². The predicted molar refractivity (Wildman–Crippen MR) is 25.4 cm³/mol. The van der Waals surface area contributed by atoms with Crippen LogP contribution in [0.1, 0.15) is 0 Å². The Bertz CT molecular complexity index is 23.6. The van der Waals surface area contributed by atoms with Gasteiger partial charge in [-0.25, -0.2) is 0 Å². The van der Waals surface area contributed by atoms with Crippen LogP contribution < -0.4 is 0 Å². The molecule has 25 valence electrons. The van der Waals surface area contributed by atoms with Crippen molar-refractivity contribution in [2.45, 2.75) is 0 Å². The minimum atomic E-state index is 0. The molecule has 5 heavy (non-hydrogen) atoms. The second-order valence-corrected chi connectivity index (χ2v) is 0.966. The fourth-order valence-corrected chi connectivity index (χ4v) is 0. The molecule has 0 saturated heterocycles. The Morgan fingerprint density at radius 1 is 1.80 bits per heavy atom. The van der Waals surface area contributed by atoms with Crippen LogP contribution in [0.15, 0.2) is 0 Å². The van der Waals surface area contributed by atoms with Crippen molar-refractivity contribution in [3.8, 4) is 0 Å². The van der Waals surface area contributed by atoms with E-state index in [2.05, 4.69) is 6.92 Å². The maximum absolute atomic E-state index is 9.15. The summed E-state index contributed by atoms with van der Waals surface area (Å²) in [6, 6.07) is 0. The van der Waals surface area contributed by atoms with Gasteiger partial charge in [-0.1, -0.05) is 0 Å². The molecule has 0 spiro atoms. The average molecular weight is 100 g/mol. The molecule has 0 rings (SSSR count). The molecule has 0 aromatic heterocycles. The molecule has 0 atom stereocenters. The van der Waals surface area contributed by atoms with Crippen molar-refractivity contribution in [1.29, 1.82) is 0 Å². The van der Waals surface area contributed by atoms with Gasteiger partial charge in [0.2, 0.25) is 5.75 Å². The van der Waals surface area contributed by atoms with Gasteiger partial charge in [-0.05, 0) is 0 Å². The molecule has 0 saturated carbocycles. The van der Waals surface area contributed by atoms with Crippen LogP contribution in [0.5, 0.6) is 0 Å². The Balaban J connectivity index is 0. The Kier molecular flexibility index (Phi) is 16.7. The van der Waals surface area contributed by atoms with Gasteiger partial charge in [0.1, 0.15) is 0 Å². The molecule has 0 N–H and O–H groups in total. The summed E-state index contributed by atoms with van der Waals surface area (Å²) < 4.78 is 9.15. The van der Waals surface area contributed by atoms with Crippen molar-refractivity contribution >= 4 is 41.2 Å². The second-order valence-electron chi connectivity index (χ2n) is 0.322. The third-order valence-corrected chi connectivity index (χ3v) is 0.250. The predicted octanol–water partition coefficient (Wildman–Crippen LogP) is -0.400. The van der Waals surface area contributed by atoms with E-state index in [1.807, 2.05) is 0 Å². The Labute approximate surface area is 57.9 Å². The van der Waals surface area contributed by atoms with Crippen molar-refractivity contribution in [1.82, 2.24) is 0 Å². The van der Waals surface area contributed by atoms with Crippen LogP contribution in [0.4, 0.5) is 0 Å². The first kappa shape index (κ1) is 9.39. The molecule has 1 nitrogen and oxygen atoms in total. The van der Waals surface area contributed by atoms with Gasteiger partial charge < -0.3 is 0 Å². The molecule has 0 fully saturated rings. The fraction of sp³-hybridized carbons (Fsp3) is 0.500. The fourth-order valence-electron chi connectivity index (χ4n) is 0. The van der Waals surface area contributed by atoms with Crippen molar-refractivity contribution in [2.75, 3.05) is 5.75 Å². The molecule has 0 aliphatic rings. The summed E-state index contributed by atoms with van der Waals surface area (Å²) in [5.41, 5.74) is 0. The average Bonchev–Trinajstić information content (AvgIpc) is 1.37. The molecule has 0 aromatic carbocycles. The molecule has 0 bridgehead atoms. The molecule has 0 aromatic rings. The van der Waals surface area contributed by atoms with E-state index in [0.29, 0.717) is 17.4 Å². The standard InChI is InChI=1S/C2H4OS.Na.H/c1-2-4-3;;/h1-2H2;;/q+1;;. The molecule has 0 amide bonds. The van der Waals surface area contributed by atoms with Crippen LogP contribution in [0, 0.1) is 6.92 Å². The SMILES string of the molecule is [CH2]C[S+]=O.[NaH]. The van der Waals surface area contributed by atoms with E-state index in [0.717, 1.165) is 0 Å². The number of hydrogen-bond acceptors (Lipinski definition) is 1. The summed E-state index contributed by atoms with van der Waals surface area (Å²) in [4.78, 5) is 0. The van der Waals surface area contributed by atoms with Gasteiger partial charge in [0.25, 0.3) is 0 Å². The summed E-state index contributed by atoms with van der Waals surface area (Å²) >= 11 is 0.495. The van der Waals surface area contributed by atoms with Gasteiger partial charge in [-0.15, -0.1) is 0 Å². The van der Waals surface area contributed by atoms with Gasteiger partial charge in [0, 0.05) is 11.1 Å². The van der Waals surface area contributed by atoms with Crippen molar-refractivity contribution in [2.24, 2.45) is 0 Å². The van der Waals surface area contributed by atoms with Crippen molar-refractivity contribution in [3.63, 3.8) is 0 Å². The van der Waals surface area contributed by atoms with Crippen molar-refractivity contribution < 1.29 is 4.21 Å². The molecule has 0 heterocycles. The summed E-state index contributed by atoms with van der Waals surface area (Å²) in [5, 5.41) is 0. The summed E-state index contributed by atoms with van der Waals surface area (Å²) in [5.74, 6) is 0.431. The summed E-state index contributed by atoms with van der Waals surface area (Å²) in [6.07, 6.45) is 0. The Hall–Kier alpha value is 1.02. The van der Waals surface area contributed by atoms with E-state index in [-0.39, 0.29) is 29.6 Å². The van der Waals surface area contributed by atoms with E-state index in [4.69, 9.17) is 4.21 Å². The molecular formula is C2H5NaOS+. The molecule has 1 radical (unpaired) electrons. The zero-order chi connectivity index (χ0) is 3.41. The quantitative estimate of drug-likeness (QED) is 0.323. The first-order valence-electron chi connectivity index (χ1n) is 0.955. The van der Waals surface area contributed by atoms with Crippen LogP contribution in [-0.2, 0) is 15.9 Å². The third-order valence-electron chi connectivity index (χ3n) is 0.0833. The topological polar surface area (TPSA) is 17.1 Å². The van der Waals surface area contributed by atoms with Crippen LogP contribution in [0.2, 0.25) is 0 Å². The van der Waals surface area contributed by atoms with Gasteiger partial charge in [-0.2, -0.15) is 0 Å². The van der Waals surface area contributed by atoms with E-state index in [1.165, 1.54) is 0 Å². The van der Waals surface area contributed by atoms with Crippen LogP contribution >= 0.6 is 0 Å². The Morgan fingerprint density at radius 2 is 2.00 bits per heavy atom. The van der Waals surface area contributed by atoms with Crippen molar-refractivity contribution in [3.05, 3.63) is 6.92 Å². The Morgan fingerprint density at radius 3 is 2.00 bits per heavy atom. The van der Waals surface area contributed by atoms with Crippen LogP contribution in [-0.4, -0.2) is 35.3 Å². The first-order chi connectivity index (χ1) is 1.91. The van der Waals surface area contributed by atoms with E-state index in [9.17, 15) is 0 Å². The maximum atomic E-state index is 9.15. The minimum absolute atomic E-state index is 0. The molecule has 0 aliphatic carbocycles. The zero-order valence-corrected chi connectivity index (χ0v) is 3.05. The first-order valence-corrected chi connectivity index (χ1v) is 1.87. The van der Waals surface area contributed by atoms with Gasteiger partial charge in [0.05, 0.1) is 0 Å². The molecular weight excluding hydrogens is 95.1 g/mol. The summed E-state index contributed by atoms with van der Waals surface area (Å²) in [6.45, 7) is 3.25. The monoisotopic (exact) mass is 100.0 g/mol. The number of rotatable bonds is 1. The molecule has 0 unspecified atom stereocenters. The second kappa shape index (κ2) is 8.89. The van der Waals surface area contributed by atoms with E-state index >= 15 is 0 Å². The van der Waals surface area contributed by atoms with Gasteiger partial charge in [-0.3, -0.25) is 0 Å². The van der Waals surface area contributed by atoms with Crippen LogP contribution in [0.3, 0.4) is 0 Å². The third kappa shape index (κ3) is 11.2. The zero-order valence-electron chi connectivity index (χ0n) is 2.23. The molecule has 3 heteroatoms. The normalized spacial score (nSPS) is 5.00. The number of hydrogen-bond donors (Lipinski definition) is 0. The summed E-state index contributed by atoms with van der Waals surface area (Å²) in [7, 11) is 0. The van der Waals surface area contributed by atoms with E-state index < -0.39 is 0 Å². The van der Waals surface area contributed by atoms with E-state index in [1.54, 1.807) is 0 Å². The molecule has 0 aliphatic heterocycles.